The maximum Gasteiger partial charge on any atom is 0.245 e. The lowest BCUT2D eigenvalue weighted by atomic mass is 10.1. The average molecular weight is 518 g/mol. The largest absolute Gasteiger partial charge is 0.494 e. The Hall–Kier alpha value is -3.07. The van der Waals surface area contributed by atoms with Gasteiger partial charge in [0.1, 0.15) is 5.75 Å². The van der Waals surface area contributed by atoms with Crippen LogP contribution in [0.2, 0.25) is 0 Å². The monoisotopic (exact) mass is 517 g/mol. The Kier molecular flexibility index (Phi) is 8.71. The molecule has 176 valence electrons. The van der Waals surface area contributed by atoms with Crippen molar-refractivity contribution in [3.05, 3.63) is 46.4 Å². The summed E-state index contributed by atoms with van der Waals surface area (Å²) in [6.07, 6.45) is 1.67. The molecule has 1 heterocycles. The van der Waals surface area contributed by atoms with Gasteiger partial charge in [-0.25, -0.2) is 5.43 Å². The van der Waals surface area contributed by atoms with Crippen molar-refractivity contribution in [1.82, 2.24) is 5.43 Å². The Balaban J connectivity index is 1.62. The second kappa shape index (κ2) is 11.7. The van der Waals surface area contributed by atoms with Crippen molar-refractivity contribution < 1.29 is 23.8 Å². The highest BCUT2D eigenvalue weighted by atomic mass is 79.9. The molecule has 1 aliphatic heterocycles. The summed E-state index contributed by atoms with van der Waals surface area (Å²) >= 11 is 3.49. The Labute approximate surface area is 202 Å². The molecule has 1 atom stereocenters. The first-order chi connectivity index (χ1) is 16.0. The molecule has 2 amide bonds. The molecule has 0 bridgehead atoms. The van der Waals surface area contributed by atoms with Crippen molar-refractivity contribution in [2.75, 3.05) is 31.3 Å². The third-order valence-electron chi connectivity index (χ3n) is 4.96. The molecule has 0 radical (unpaired) electrons. The number of carbonyl (C=O) groups is 2. The van der Waals surface area contributed by atoms with Crippen LogP contribution >= 0.6 is 15.9 Å². The number of hydrazone groups is 1. The summed E-state index contributed by atoms with van der Waals surface area (Å²) in [6.45, 7) is 7.58. The zero-order valence-corrected chi connectivity index (χ0v) is 20.6. The smallest absolute Gasteiger partial charge is 0.245 e. The molecule has 1 fully saturated rings. The van der Waals surface area contributed by atoms with Crippen LogP contribution in [-0.4, -0.2) is 44.4 Å². The number of carbonyl (C=O) groups excluding carboxylic acids is 2. The van der Waals surface area contributed by atoms with Gasteiger partial charge in [0.05, 0.1) is 36.4 Å². The maximum absolute atomic E-state index is 12.6. The van der Waals surface area contributed by atoms with Crippen LogP contribution in [0, 0.1) is 5.92 Å². The first-order valence-electron chi connectivity index (χ1n) is 10.9. The van der Waals surface area contributed by atoms with E-state index in [1.807, 2.05) is 51.1 Å². The summed E-state index contributed by atoms with van der Waals surface area (Å²) in [6, 6.07) is 10.9. The van der Waals surface area contributed by atoms with Crippen LogP contribution in [-0.2, 0) is 9.59 Å². The standard InChI is InChI=1S/C24H28BrN3O5/c1-4-31-19-9-7-18(8-10-19)28-15-17(13-22(28)29)24(30)27-26-14-16-11-20(25)23(33-6-3)21(12-16)32-5-2/h7-12,14,17H,4-6,13,15H2,1-3H3,(H,27,30)/b26-14-/t17-/m1/s1. The first-order valence-corrected chi connectivity index (χ1v) is 11.7. The van der Waals surface area contributed by atoms with Gasteiger partial charge in [-0.05, 0) is 78.7 Å². The number of benzene rings is 2. The molecular weight excluding hydrogens is 490 g/mol. The van der Waals surface area contributed by atoms with Crippen molar-refractivity contribution in [1.29, 1.82) is 0 Å². The van der Waals surface area contributed by atoms with Gasteiger partial charge in [-0.15, -0.1) is 0 Å². The maximum atomic E-state index is 12.6. The van der Waals surface area contributed by atoms with E-state index in [2.05, 4.69) is 26.5 Å². The van der Waals surface area contributed by atoms with Crippen molar-refractivity contribution in [3.63, 3.8) is 0 Å². The molecule has 1 N–H and O–H groups in total. The van der Waals surface area contributed by atoms with Crippen molar-refractivity contribution in [2.24, 2.45) is 11.0 Å². The minimum absolute atomic E-state index is 0.0971. The quantitative estimate of drug-likeness (QED) is 0.377. The van der Waals surface area contributed by atoms with E-state index in [0.29, 0.717) is 37.9 Å². The molecule has 0 saturated carbocycles. The second-order valence-corrected chi connectivity index (χ2v) is 8.12. The normalized spacial score (nSPS) is 15.7. The first kappa shape index (κ1) is 24.6. The van der Waals surface area contributed by atoms with E-state index in [1.165, 1.54) is 6.21 Å². The number of ether oxygens (including phenoxy) is 3. The number of nitrogens with zero attached hydrogens (tertiary/aromatic N) is 2. The molecule has 0 aromatic heterocycles. The van der Waals surface area contributed by atoms with Crippen LogP contribution < -0.4 is 24.5 Å². The van der Waals surface area contributed by atoms with E-state index in [4.69, 9.17) is 14.2 Å². The molecule has 0 spiro atoms. The Morgan fingerprint density at radius 3 is 2.48 bits per heavy atom. The minimum Gasteiger partial charge on any atom is -0.494 e. The predicted octanol–water partition coefficient (Wildman–Crippen LogP) is 4.15. The molecule has 8 nitrogen and oxygen atoms in total. The fourth-order valence-electron chi connectivity index (χ4n) is 3.49. The third kappa shape index (κ3) is 6.25. The lowest BCUT2D eigenvalue weighted by molar-refractivity contribution is -0.126. The summed E-state index contributed by atoms with van der Waals surface area (Å²) in [5.74, 6) is 1.08. The molecule has 0 unspecified atom stereocenters. The molecule has 33 heavy (non-hydrogen) atoms. The number of hydrogen-bond acceptors (Lipinski definition) is 6. The predicted molar refractivity (Wildman–Crippen MR) is 130 cm³/mol. The minimum atomic E-state index is -0.479. The van der Waals surface area contributed by atoms with Gasteiger partial charge in [0.25, 0.3) is 0 Å². The van der Waals surface area contributed by atoms with E-state index in [0.717, 1.165) is 21.5 Å². The zero-order valence-electron chi connectivity index (χ0n) is 19.0. The van der Waals surface area contributed by atoms with Gasteiger partial charge in [0.15, 0.2) is 11.5 Å². The van der Waals surface area contributed by atoms with Crippen molar-refractivity contribution in [2.45, 2.75) is 27.2 Å². The molecule has 9 heteroatoms. The Bertz CT molecular complexity index is 1010. The topological polar surface area (TPSA) is 89.5 Å². The van der Waals surface area contributed by atoms with Crippen molar-refractivity contribution >= 4 is 39.6 Å². The second-order valence-electron chi connectivity index (χ2n) is 7.26. The molecule has 1 aliphatic rings. The average Bonchev–Trinajstić information content (AvgIpc) is 3.19. The van der Waals surface area contributed by atoms with E-state index in [-0.39, 0.29) is 18.2 Å². The van der Waals surface area contributed by atoms with Crippen molar-refractivity contribution in [3.8, 4) is 17.2 Å². The molecule has 1 saturated heterocycles. The van der Waals surface area contributed by atoms with Crippen LogP contribution in [0.3, 0.4) is 0 Å². The van der Waals surface area contributed by atoms with Gasteiger partial charge in [-0.3, -0.25) is 9.59 Å². The number of anilines is 1. The molecule has 2 aromatic rings. The molecular formula is C24H28BrN3O5. The van der Waals surface area contributed by atoms with Gasteiger partial charge in [0, 0.05) is 18.7 Å². The Morgan fingerprint density at radius 2 is 1.82 bits per heavy atom. The summed E-state index contributed by atoms with van der Waals surface area (Å²) in [7, 11) is 0. The van der Waals surface area contributed by atoms with E-state index in [9.17, 15) is 9.59 Å². The van der Waals surface area contributed by atoms with Gasteiger partial charge < -0.3 is 19.1 Å². The number of hydrogen-bond donors (Lipinski definition) is 1. The number of rotatable bonds is 10. The molecule has 0 aliphatic carbocycles. The summed E-state index contributed by atoms with van der Waals surface area (Å²) < 4.78 is 17.5. The summed E-state index contributed by atoms with van der Waals surface area (Å²) in [4.78, 5) is 26.7. The van der Waals surface area contributed by atoms with Crippen LogP contribution in [0.15, 0.2) is 46.0 Å². The highest BCUT2D eigenvalue weighted by Crippen LogP contribution is 2.36. The Morgan fingerprint density at radius 1 is 1.12 bits per heavy atom. The van der Waals surface area contributed by atoms with Crippen LogP contribution in [0.5, 0.6) is 17.2 Å². The number of nitrogens with one attached hydrogen (secondary N) is 1. The SMILES string of the molecule is CCOc1ccc(N2C[C@H](C(=O)N/N=C\c3cc(Br)c(OCC)c(OCC)c3)CC2=O)cc1. The lowest BCUT2D eigenvalue weighted by Crippen LogP contribution is -2.30. The van der Waals surface area contributed by atoms with Gasteiger partial charge in [0.2, 0.25) is 11.8 Å². The van der Waals surface area contributed by atoms with E-state index in [1.54, 1.807) is 11.0 Å². The molecule has 3 rings (SSSR count). The highest BCUT2D eigenvalue weighted by molar-refractivity contribution is 9.10. The number of halogens is 1. The third-order valence-corrected chi connectivity index (χ3v) is 5.55. The summed E-state index contributed by atoms with van der Waals surface area (Å²) in [5.41, 5.74) is 4.02. The van der Waals surface area contributed by atoms with E-state index >= 15 is 0 Å². The zero-order chi connectivity index (χ0) is 23.8. The van der Waals surface area contributed by atoms with Crippen LogP contribution in [0.25, 0.3) is 0 Å². The van der Waals surface area contributed by atoms with Crippen LogP contribution in [0.1, 0.15) is 32.8 Å². The molecule has 2 aromatic carbocycles. The van der Waals surface area contributed by atoms with Gasteiger partial charge >= 0.3 is 0 Å². The van der Waals surface area contributed by atoms with Crippen LogP contribution in [0.4, 0.5) is 5.69 Å². The fraction of sp³-hybridized carbons (Fsp3) is 0.375. The van der Waals surface area contributed by atoms with E-state index < -0.39 is 5.92 Å². The summed E-state index contributed by atoms with van der Waals surface area (Å²) in [5, 5.41) is 4.07. The fourth-order valence-corrected chi connectivity index (χ4v) is 4.07. The van der Waals surface area contributed by atoms with Gasteiger partial charge in [-0.2, -0.15) is 5.10 Å². The lowest BCUT2D eigenvalue weighted by Gasteiger charge is -2.17. The number of amides is 2. The van der Waals surface area contributed by atoms with Gasteiger partial charge in [-0.1, -0.05) is 0 Å². The highest BCUT2D eigenvalue weighted by Gasteiger charge is 2.35.